The van der Waals surface area contributed by atoms with Crippen LogP contribution in [0.1, 0.15) is 11.4 Å². The van der Waals surface area contributed by atoms with E-state index in [0.29, 0.717) is 13.0 Å². The van der Waals surface area contributed by atoms with Gasteiger partial charge in [-0.1, -0.05) is 18.2 Å². The van der Waals surface area contributed by atoms with E-state index in [-0.39, 0.29) is 5.92 Å². The molecule has 2 atom stereocenters. The molecule has 1 aromatic carbocycles. The first kappa shape index (κ1) is 12.2. The Bertz CT molecular complexity index is 567. The van der Waals surface area contributed by atoms with Gasteiger partial charge in [0.1, 0.15) is 17.9 Å². The molecule has 1 aliphatic rings. The number of rotatable bonds is 3. The lowest BCUT2D eigenvalue weighted by Gasteiger charge is -2.28. The van der Waals surface area contributed by atoms with Crippen LogP contribution in [0.15, 0.2) is 30.6 Å². The highest BCUT2D eigenvalue weighted by molar-refractivity contribution is 5.35. The third-order valence-corrected chi connectivity index (χ3v) is 3.65. The molecule has 1 N–H and O–H groups in total. The van der Waals surface area contributed by atoms with Gasteiger partial charge in [-0.2, -0.15) is 5.10 Å². The normalized spacial score (nSPS) is 19.6. The molecule has 2 unspecified atom stereocenters. The van der Waals surface area contributed by atoms with E-state index in [4.69, 9.17) is 4.74 Å². The van der Waals surface area contributed by atoms with Crippen molar-refractivity contribution in [1.82, 2.24) is 14.8 Å². The molecule has 0 radical (unpaired) electrons. The molecule has 2 aromatic rings. The van der Waals surface area contributed by atoms with Crippen LogP contribution in [0, 0.1) is 5.92 Å². The van der Waals surface area contributed by atoms with Gasteiger partial charge in [-0.05, 0) is 18.1 Å². The van der Waals surface area contributed by atoms with Crippen molar-refractivity contribution in [2.24, 2.45) is 13.0 Å². The van der Waals surface area contributed by atoms with Crippen molar-refractivity contribution in [2.45, 2.75) is 18.9 Å². The number of aromatic nitrogens is 3. The van der Waals surface area contributed by atoms with Gasteiger partial charge in [0.05, 0.1) is 12.7 Å². The second kappa shape index (κ2) is 5.01. The second-order valence-electron chi connectivity index (χ2n) is 4.95. The van der Waals surface area contributed by atoms with Gasteiger partial charge in [0.2, 0.25) is 0 Å². The molecule has 0 spiro atoms. The van der Waals surface area contributed by atoms with Crippen LogP contribution >= 0.6 is 0 Å². The number of aliphatic hydroxyl groups excluding tert-OH is 1. The largest absolute Gasteiger partial charge is 0.493 e. The lowest BCUT2D eigenvalue weighted by atomic mass is 9.90. The molecule has 19 heavy (non-hydrogen) atoms. The summed E-state index contributed by atoms with van der Waals surface area (Å²) in [5, 5.41) is 14.3. The minimum atomic E-state index is -0.462. The zero-order valence-electron chi connectivity index (χ0n) is 10.9. The zero-order chi connectivity index (χ0) is 13.2. The van der Waals surface area contributed by atoms with Crippen LogP contribution in [0.4, 0.5) is 0 Å². The molecule has 1 aliphatic heterocycles. The fourth-order valence-corrected chi connectivity index (χ4v) is 2.46. The Labute approximate surface area is 111 Å². The Hall–Kier alpha value is -1.88. The van der Waals surface area contributed by atoms with Crippen LogP contribution < -0.4 is 4.74 Å². The third kappa shape index (κ3) is 2.46. The molecule has 0 fully saturated rings. The molecule has 0 saturated heterocycles. The van der Waals surface area contributed by atoms with E-state index >= 15 is 0 Å². The van der Waals surface area contributed by atoms with Gasteiger partial charge in [0.15, 0.2) is 0 Å². The highest BCUT2D eigenvalue weighted by Crippen LogP contribution is 2.28. The predicted molar refractivity (Wildman–Crippen MR) is 69.8 cm³/mol. The van der Waals surface area contributed by atoms with Gasteiger partial charge in [0, 0.05) is 19.4 Å². The van der Waals surface area contributed by atoms with Crippen LogP contribution in [0.2, 0.25) is 0 Å². The molecule has 0 saturated carbocycles. The summed E-state index contributed by atoms with van der Waals surface area (Å²) in [7, 11) is 1.84. The molecule has 3 rings (SSSR count). The molecule has 0 bridgehead atoms. The Morgan fingerprint density at radius 3 is 3.11 bits per heavy atom. The van der Waals surface area contributed by atoms with Crippen molar-refractivity contribution >= 4 is 0 Å². The van der Waals surface area contributed by atoms with E-state index in [2.05, 4.69) is 16.1 Å². The van der Waals surface area contributed by atoms with Crippen LogP contribution in [-0.2, 0) is 19.9 Å². The number of ether oxygens (including phenoxy) is 1. The summed E-state index contributed by atoms with van der Waals surface area (Å²) in [6, 6.07) is 7.99. The lowest BCUT2D eigenvalue weighted by molar-refractivity contribution is 0.0632. The second-order valence-corrected chi connectivity index (χ2v) is 4.95. The number of nitrogens with zero attached hydrogens (tertiary/aromatic N) is 3. The van der Waals surface area contributed by atoms with Gasteiger partial charge in [-0.15, -0.1) is 0 Å². The summed E-state index contributed by atoms with van der Waals surface area (Å²) in [5.74, 6) is 1.84. The Balaban J connectivity index is 1.69. The van der Waals surface area contributed by atoms with E-state index < -0.39 is 6.10 Å². The van der Waals surface area contributed by atoms with Crippen LogP contribution in [-0.4, -0.2) is 32.6 Å². The van der Waals surface area contributed by atoms with Crippen molar-refractivity contribution in [3.8, 4) is 5.75 Å². The molecule has 0 amide bonds. The summed E-state index contributed by atoms with van der Waals surface area (Å²) in [4.78, 5) is 4.15. The van der Waals surface area contributed by atoms with E-state index in [1.165, 1.54) is 6.33 Å². The smallest absolute Gasteiger partial charge is 0.138 e. The van der Waals surface area contributed by atoms with Crippen molar-refractivity contribution in [2.75, 3.05) is 6.61 Å². The van der Waals surface area contributed by atoms with Crippen molar-refractivity contribution in [3.63, 3.8) is 0 Å². The summed E-state index contributed by atoms with van der Waals surface area (Å²) >= 11 is 0. The van der Waals surface area contributed by atoms with E-state index in [1.54, 1.807) is 4.68 Å². The Morgan fingerprint density at radius 2 is 2.32 bits per heavy atom. The molecule has 5 nitrogen and oxygen atoms in total. The maximum Gasteiger partial charge on any atom is 0.138 e. The van der Waals surface area contributed by atoms with Gasteiger partial charge in [-0.25, -0.2) is 4.98 Å². The van der Waals surface area contributed by atoms with E-state index in [1.807, 2.05) is 25.2 Å². The maximum absolute atomic E-state index is 10.3. The van der Waals surface area contributed by atoms with Gasteiger partial charge in [-0.3, -0.25) is 4.68 Å². The minimum Gasteiger partial charge on any atom is -0.493 e. The van der Waals surface area contributed by atoms with Crippen LogP contribution in [0.25, 0.3) is 0 Å². The summed E-state index contributed by atoms with van der Waals surface area (Å²) < 4.78 is 7.40. The van der Waals surface area contributed by atoms with Crippen LogP contribution in [0.5, 0.6) is 5.75 Å². The average Bonchev–Trinajstić information content (AvgIpc) is 2.84. The molecular weight excluding hydrogens is 242 g/mol. The first-order valence-corrected chi connectivity index (χ1v) is 6.45. The highest BCUT2D eigenvalue weighted by atomic mass is 16.5. The molecule has 2 heterocycles. The fraction of sp³-hybridized carbons (Fsp3) is 0.429. The standard InChI is InChI=1S/C14H17N3O2/c1-17-14(15-9-16-17)7-12(18)11-6-10-4-2-3-5-13(10)19-8-11/h2-5,9,11-12,18H,6-8H2,1H3. The summed E-state index contributed by atoms with van der Waals surface area (Å²) in [5.41, 5.74) is 1.16. The SMILES string of the molecule is Cn1ncnc1CC(O)C1COc2ccccc2C1. The van der Waals surface area contributed by atoms with Gasteiger partial charge in [0.25, 0.3) is 0 Å². The monoisotopic (exact) mass is 259 g/mol. The van der Waals surface area contributed by atoms with E-state index in [9.17, 15) is 5.11 Å². The summed E-state index contributed by atoms with van der Waals surface area (Å²) in [6.07, 6.45) is 2.40. The molecule has 100 valence electrons. The van der Waals surface area contributed by atoms with Crippen molar-refractivity contribution < 1.29 is 9.84 Å². The molecule has 5 heteroatoms. The van der Waals surface area contributed by atoms with Crippen molar-refractivity contribution in [3.05, 3.63) is 42.0 Å². The average molecular weight is 259 g/mol. The molecule has 1 aromatic heterocycles. The highest BCUT2D eigenvalue weighted by Gasteiger charge is 2.27. The Kier molecular flexibility index (Phi) is 3.21. The molecule has 0 aliphatic carbocycles. The zero-order valence-corrected chi connectivity index (χ0v) is 10.9. The number of hydrogen-bond donors (Lipinski definition) is 1. The number of benzene rings is 1. The first-order chi connectivity index (χ1) is 9.24. The van der Waals surface area contributed by atoms with Gasteiger partial charge >= 0.3 is 0 Å². The first-order valence-electron chi connectivity index (χ1n) is 6.45. The maximum atomic E-state index is 10.3. The quantitative estimate of drug-likeness (QED) is 0.892. The molecular formula is C14H17N3O2. The van der Waals surface area contributed by atoms with E-state index in [0.717, 1.165) is 23.6 Å². The van der Waals surface area contributed by atoms with Gasteiger partial charge < -0.3 is 9.84 Å². The predicted octanol–water partition coefficient (Wildman–Crippen LogP) is 0.970. The van der Waals surface area contributed by atoms with Crippen molar-refractivity contribution in [1.29, 1.82) is 0 Å². The van der Waals surface area contributed by atoms with Crippen LogP contribution in [0.3, 0.4) is 0 Å². The lowest BCUT2D eigenvalue weighted by Crippen LogP contribution is -2.33. The Morgan fingerprint density at radius 1 is 1.47 bits per heavy atom. The topological polar surface area (TPSA) is 60.2 Å². The minimum absolute atomic E-state index is 0.103. The summed E-state index contributed by atoms with van der Waals surface area (Å²) in [6.45, 7) is 0.552. The third-order valence-electron chi connectivity index (χ3n) is 3.65. The number of aryl methyl sites for hydroxylation is 1. The number of hydrogen-bond acceptors (Lipinski definition) is 4. The number of para-hydroxylation sites is 1. The number of fused-ring (bicyclic) bond motifs is 1. The fourth-order valence-electron chi connectivity index (χ4n) is 2.46. The number of aliphatic hydroxyl groups is 1.